The molecule has 3 rings (SSSR count). The van der Waals surface area contributed by atoms with Gasteiger partial charge in [-0.15, -0.1) is 0 Å². The van der Waals surface area contributed by atoms with E-state index >= 15 is 0 Å². The molecule has 2 aromatic rings. The average molecular weight is 297 g/mol. The van der Waals surface area contributed by atoms with Gasteiger partial charge >= 0.3 is 0 Å². The summed E-state index contributed by atoms with van der Waals surface area (Å²) in [6.07, 6.45) is 2.81. The summed E-state index contributed by atoms with van der Waals surface area (Å²) in [4.78, 5) is 24.6. The van der Waals surface area contributed by atoms with Gasteiger partial charge in [0, 0.05) is 11.8 Å². The third kappa shape index (κ3) is 2.66. The number of hydrogen-bond acceptors (Lipinski definition) is 3. The first-order chi connectivity index (χ1) is 10.6. The van der Waals surface area contributed by atoms with E-state index in [1.165, 1.54) is 4.68 Å². The number of para-hydroxylation sites is 1. The number of aromatic nitrogens is 2. The number of aryl methyl sites for hydroxylation is 3. The van der Waals surface area contributed by atoms with Crippen molar-refractivity contribution in [2.75, 3.05) is 5.32 Å². The maximum absolute atomic E-state index is 12.4. The predicted molar refractivity (Wildman–Crippen MR) is 85.0 cm³/mol. The Morgan fingerprint density at radius 3 is 2.86 bits per heavy atom. The number of nitrogens with one attached hydrogen (secondary N) is 1. The molecule has 1 aliphatic rings. The lowest BCUT2D eigenvalue weighted by Gasteiger charge is -2.16. The first-order valence-electron chi connectivity index (χ1n) is 7.54. The van der Waals surface area contributed by atoms with E-state index in [-0.39, 0.29) is 11.5 Å². The lowest BCUT2D eigenvalue weighted by atomic mass is 10.2. The van der Waals surface area contributed by atoms with E-state index < -0.39 is 6.04 Å². The topological polar surface area (TPSA) is 64.0 Å². The van der Waals surface area contributed by atoms with Crippen LogP contribution in [-0.2, 0) is 17.6 Å². The van der Waals surface area contributed by atoms with Crippen LogP contribution in [0, 0.1) is 6.92 Å². The summed E-state index contributed by atoms with van der Waals surface area (Å²) in [5.74, 6) is -0.234. The zero-order valence-electron chi connectivity index (χ0n) is 12.8. The Kier molecular flexibility index (Phi) is 3.79. The van der Waals surface area contributed by atoms with Crippen molar-refractivity contribution in [1.82, 2.24) is 9.78 Å². The van der Waals surface area contributed by atoms with Crippen LogP contribution in [0.1, 0.15) is 36.2 Å². The lowest BCUT2D eigenvalue weighted by molar-refractivity contribution is -0.119. The van der Waals surface area contributed by atoms with Crippen LogP contribution in [0.3, 0.4) is 0 Å². The maximum atomic E-state index is 12.4. The number of benzene rings is 1. The van der Waals surface area contributed by atoms with Crippen molar-refractivity contribution in [3.05, 3.63) is 57.5 Å². The zero-order chi connectivity index (χ0) is 15.7. The Hall–Kier alpha value is -2.43. The molecule has 0 saturated carbocycles. The smallest absolute Gasteiger partial charge is 0.267 e. The molecule has 0 bridgehead atoms. The van der Waals surface area contributed by atoms with E-state index in [4.69, 9.17) is 0 Å². The summed E-state index contributed by atoms with van der Waals surface area (Å²) in [5, 5.41) is 7.25. The number of anilines is 1. The lowest BCUT2D eigenvalue weighted by Crippen LogP contribution is -2.34. The second kappa shape index (κ2) is 5.75. The van der Waals surface area contributed by atoms with Gasteiger partial charge in [0.25, 0.3) is 5.56 Å². The minimum absolute atomic E-state index is 0.215. The minimum atomic E-state index is -0.641. The van der Waals surface area contributed by atoms with Crippen molar-refractivity contribution in [2.24, 2.45) is 0 Å². The van der Waals surface area contributed by atoms with Crippen LogP contribution in [0.15, 0.2) is 35.1 Å². The zero-order valence-corrected chi connectivity index (χ0v) is 12.8. The second-order valence-electron chi connectivity index (χ2n) is 5.73. The molecule has 1 amide bonds. The van der Waals surface area contributed by atoms with Crippen LogP contribution in [0.4, 0.5) is 5.69 Å². The van der Waals surface area contributed by atoms with Crippen LogP contribution in [0.5, 0.6) is 0 Å². The molecule has 1 aliphatic carbocycles. The Morgan fingerprint density at radius 1 is 1.32 bits per heavy atom. The van der Waals surface area contributed by atoms with Crippen molar-refractivity contribution in [2.45, 2.75) is 39.2 Å². The van der Waals surface area contributed by atoms with Gasteiger partial charge in [0.05, 0.1) is 5.69 Å². The van der Waals surface area contributed by atoms with Gasteiger partial charge in [-0.05, 0) is 50.3 Å². The summed E-state index contributed by atoms with van der Waals surface area (Å²) in [7, 11) is 0. The summed E-state index contributed by atoms with van der Waals surface area (Å²) in [5.41, 5.74) is 3.49. The number of rotatable bonds is 3. The number of amides is 1. The maximum Gasteiger partial charge on any atom is 0.267 e. The molecule has 0 fully saturated rings. The van der Waals surface area contributed by atoms with Crippen LogP contribution in [0.2, 0.25) is 0 Å². The van der Waals surface area contributed by atoms with Gasteiger partial charge < -0.3 is 5.32 Å². The van der Waals surface area contributed by atoms with Gasteiger partial charge in [0.15, 0.2) is 0 Å². The van der Waals surface area contributed by atoms with Gasteiger partial charge in [-0.3, -0.25) is 9.59 Å². The van der Waals surface area contributed by atoms with E-state index in [1.54, 1.807) is 13.0 Å². The predicted octanol–water partition coefficient (Wildman–Crippen LogP) is 2.24. The molecule has 1 aromatic heterocycles. The summed E-state index contributed by atoms with van der Waals surface area (Å²) < 4.78 is 1.29. The van der Waals surface area contributed by atoms with Gasteiger partial charge in [0.1, 0.15) is 6.04 Å². The molecule has 1 heterocycles. The minimum Gasteiger partial charge on any atom is -0.324 e. The first-order valence-corrected chi connectivity index (χ1v) is 7.54. The van der Waals surface area contributed by atoms with Gasteiger partial charge in [-0.2, -0.15) is 5.10 Å². The van der Waals surface area contributed by atoms with E-state index in [0.29, 0.717) is 0 Å². The Labute approximate surface area is 129 Å². The van der Waals surface area contributed by atoms with E-state index in [0.717, 1.165) is 41.8 Å². The van der Waals surface area contributed by atoms with Gasteiger partial charge in [0.2, 0.25) is 5.91 Å². The fourth-order valence-electron chi connectivity index (χ4n) is 2.75. The molecule has 0 radical (unpaired) electrons. The highest BCUT2D eigenvalue weighted by Gasteiger charge is 2.21. The molecule has 1 unspecified atom stereocenters. The molecule has 1 N–H and O–H groups in total. The number of hydrogen-bond donors (Lipinski definition) is 1. The van der Waals surface area contributed by atoms with Crippen molar-refractivity contribution in [1.29, 1.82) is 0 Å². The third-order valence-electron chi connectivity index (χ3n) is 4.13. The normalized spacial score (nSPS) is 14.5. The molecule has 5 nitrogen and oxygen atoms in total. The van der Waals surface area contributed by atoms with Gasteiger partial charge in [-0.1, -0.05) is 18.2 Å². The van der Waals surface area contributed by atoms with Crippen LogP contribution >= 0.6 is 0 Å². The van der Waals surface area contributed by atoms with Crippen molar-refractivity contribution in [3.63, 3.8) is 0 Å². The average Bonchev–Trinajstić information content (AvgIpc) is 2.95. The fraction of sp³-hybridized carbons (Fsp3) is 0.353. The quantitative estimate of drug-likeness (QED) is 0.945. The standard InChI is InChI=1S/C17H19N3O2/c1-11-6-3-4-8-14(11)18-17(22)12(2)20-16(21)10-13-7-5-9-15(13)19-20/h3-4,6,8,10,12H,5,7,9H2,1-2H3,(H,18,22). The van der Waals surface area contributed by atoms with E-state index in [2.05, 4.69) is 10.4 Å². The summed E-state index contributed by atoms with van der Waals surface area (Å²) in [6.45, 7) is 3.63. The molecule has 114 valence electrons. The Morgan fingerprint density at radius 2 is 2.09 bits per heavy atom. The molecule has 0 saturated heterocycles. The van der Waals surface area contributed by atoms with Crippen molar-refractivity contribution < 1.29 is 4.79 Å². The largest absolute Gasteiger partial charge is 0.324 e. The van der Waals surface area contributed by atoms with Gasteiger partial charge in [-0.25, -0.2) is 4.68 Å². The third-order valence-corrected chi connectivity index (χ3v) is 4.13. The summed E-state index contributed by atoms with van der Waals surface area (Å²) >= 11 is 0. The molecular weight excluding hydrogens is 278 g/mol. The highest BCUT2D eigenvalue weighted by Crippen LogP contribution is 2.19. The van der Waals surface area contributed by atoms with Crippen LogP contribution in [-0.4, -0.2) is 15.7 Å². The van der Waals surface area contributed by atoms with E-state index in [1.807, 2.05) is 31.2 Å². The number of carbonyl (C=O) groups is 1. The number of nitrogens with zero attached hydrogens (tertiary/aromatic N) is 2. The van der Waals surface area contributed by atoms with Crippen LogP contribution in [0.25, 0.3) is 0 Å². The Balaban J connectivity index is 1.85. The van der Waals surface area contributed by atoms with Crippen LogP contribution < -0.4 is 10.9 Å². The molecule has 5 heteroatoms. The van der Waals surface area contributed by atoms with Crippen molar-refractivity contribution >= 4 is 11.6 Å². The highest BCUT2D eigenvalue weighted by atomic mass is 16.2. The first kappa shape index (κ1) is 14.5. The molecule has 1 aromatic carbocycles. The summed E-state index contributed by atoms with van der Waals surface area (Å²) in [6, 6.07) is 8.54. The molecule has 1 atom stereocenters. The molecule has 22 heavy (non-hydrogen) atoms. The SMILES string of the molecule is Cc1ccccc1NC(=O)C(C)n1nc2c(cc1=O)CCC2. The number of fused-ring (bicyclic) bond motifs is 1. The van der Waals surface area contributed by atoms with Crippen molar-refractivity contribution in [3.8, 4) is 0 Å². The molecular formula is C17H19N3O2. The Bertz CT molecular complexity index is 780. The molecule has 0 aliphatic heterocycles. The second-order valence-corrected chi connectivity index (χ2v) is 5.73. The number of carbonyl (C=O) groups excluding carboxylic acids is 1. The molecule has 0 spiro atoms. The monoisotopic (exact) mass is 297 g/mol. The van der Waals surface area contributed by atoms with E-state index in [9.17, 15) is 9.59 Å². The highest BCUT2D eigenvalue weighted by molar-refractivity contribution is 5.94. The fourth-order valence-corrected chi connectivity index (χ4v) is 2.75.